The summed E-state index contributed by atoms with van der Waals surface area (Å²) in [5.41, 5.74) is 6.81. The zero-order valence-electron chi connectivity index (χ0n) is 8.57. The van der Waals surface area contributed by atoms with E-state index in [1.54, 1.807) is 24.3 Å². The first-order chi connectivity index (χ1) is 7.24. The van der Waals surface area contributed by atoms with Crippen molar-refractivity contribution in [2.24, 2.45) is 12.8 Å². The van der Waals surface area contributed by atoms with Gasteiger partial charge >= 0.3 is 0 Å². The molecule has 0 amide bonds. The number of benzene rings is 1. The molecule has 1 aromatic heterocycles. The first-order valence-corrected chi connectivity index (χ1v) is 4.84. The number of nitrogens with two attached hydrogens (primary N) is 1. The van der Waals surface area contributed by atoms with Gasteiger partial charge in [0.1, 0.15) is 5.82 Å². The van der Waals surface area contributed by atoms with Crippen LogP contribution in [0.2, 0.25) is 0 Å². The number of halogens is 1. The molecule has 1 aromatic carbocycles. The second-order valence-corrected chi connectivity index (χ2v) is 3.47. The molecule has 0 atom stereocenters. The fraction of sp³-hybridized carbons (Fsp3) is 0.167. The summed E-state index contributed by atoms with van der Waals surface area (Å²) in [4.78, 5) is 0. The maximum atomic E-state index is 13.9. The Bertz CT molecular complexity index is 512. The monoisotopic (exact) mass is 204 g/mol. The molecule has 0 fully saturated rings. The summed E-state index contributed by atoms with van der Waals surface area (Å²) in [6, 6.07) is 5.46. The van der Waals surface area contributed by atoms with Gasteiger partial charge in [0.15, 0.2) is 0 Å². The highest BCUT2D eigenvalue weighted by atomic mass is 19.1. The van der Waals surface area contributed by atoms with E-state index in [-0.39, 0.29) is 5.82 Å². The van der Waals surface area contributed by atoms with E-state index >= 15 is 0 Å². The molecule has 15 heavy (non-hydrogen) atoms. The highest BCUT2D eigenvalue weighted by Gasteiger charge is 2.06. The molecule has 0 saturated carbocycles. The van der Waals surface area contributed by atoms with Crippen LogP contribution in [0.3, 0.4) is 0 Å². The van der Waals surface area contributed by atoms with Crippen LogP contribution in [0.1, 0.15) is 5.56 Å². The number of hydrogen-bond donors (Lipinski definition) is 1. The van der Waals surface area contributed by atoms with Crippen LogP contribution in [0.4, 0.5) is 4.39 Å². The Morgan fingerprint density at radius 1 is 1.40 bits per heavy atom. The van der Waals surface area contributed by atoms with Crippen LogP contribution in [0.25, 0.3) is 17.0 Å². The van der Waals surface area contributed by atoms with Gasteiger partial charge in [0.2, 0.25) is 0 Å². The lowest BCUT2D eigenvalue weighted by Gasteiger charge is -2.00. The SMILES string of the molecule is Cn1ccc2c(F)c(/C=C/CN)ccc21. The molecule has 0 bridgehead atoms. The van der Waals surface area contributed by atoms with Gasteiger partial charge in [-0.1, -0.05) is 12.2 Å². The quantitative estimate of drug-likeness (QED) is 0.799. The zero-order valence-corrected chi connectivity index (χ0v) is 8.57. The van der Waals surface area contributed by atoms with Crippen molar-refractivity contribution in [3.05, 3.63) is 41.9 Å². The predicted octanol–water partition coefficient (Wildman–Crippen LogP) is 2.29. The molecule has 0 spiro atoms. The molecular formula is C12H13FN2. The smallest absolute Gasteiger partial charge is 0.139 e. The van der Waals surface area contributed by atoms with E-state index in [0.29, 0.717) is 17.5 Å². The third kappa shape index (κ3) is 1.66. The van der Waals surface area contributed by atoms with Crippen LogP contribution in [0.5, 0.6) is 0 Å². The summed E-state index contributed by atoms with van der Waals surface area (Å²) in [5, 5.41) is 0.650. The minimum atomic E-state index is -0.183. The van der Waals surface area contributed by atoms with E-state index in [0.717, 1.165) is 5.52 Å². The van der Waals surface area contributed by atoms with Gasteiger partial charge < -0.3 is 10.3 Å². The van der Waals surface area contributed by atoms with Crippen molar-refractivity contribution in [1.82, 2.24) is 4.57 Å². The zero-order chi connectivity index (χ0) is 10.8. The first kappa shape index (κ1) is 9.93. The fourth-order valence-corrected chi connectivity index (χ4v) is 1.66. The van der Waals surface area contributed by atoms with Crippen molar-refractivity contribution in [1.29, 1.82) is 0 Å². The standard InChI is InChI=1S/C12H13FN2/c1-15-8-6-10-11(15)5-4-9(12(10)13)3-2-7-14/h2-6,8H,7,14H2,1H3/b3-2+. The van der Waals surface area contributed by atoms with E-state index < -0.39 is 0 Å². The van der Waals surface area contributed by atoms with Gasteiger partial charge in [-0.15, -0.1) is 0 Å². The summed E-state index contributed by atoms with van der Waals surface area (Å²) < 4.78 is 15.8. The summed E-state index contributed by atoms with van der Waals surface area (Å²) in [7, 11) is 1.90. The maximum absolute atomic E-state index is 13.9. The predicted molar refractivity (Wildman–Crippen MR) is 61.0 cm³/mol. The second kappa shape index (κ2) is 3.87. The van der Waals surface area contributed by atoms with Gasteiger partial charge in [0.25, 0.3) is 0 Å². The molecule has 0 aliphatic rings. The van der Waals surface area contributed by atoms with Crippen molar-refractivity contribution < 1.29 is 4.39 Å². The van der Waals surface area contributed by atoms with Gasteiger partial charge in [0.05, 0.1) is 5.52 Å². The lowest BCUT2D eigenvalue weighted by Crippen LogP contribution is -1.93. The minimum Gasteiger partial charge on any atom is -0.350 e. The van der Waals surface area contributed by atoms with Crippen LogP contribution in [0, 0.1) is 5.82 Å². The number of nitrogens with zero attached hydrogens (tertiary/aromatic N) is 1. The molecular weight excluding hydrogens is 191 g/mol. The second-order valence-electron chi connectivity index (χ2n) is 3.47. The van der Waals surface area contributed by atoms with Crippen molar-refractivity contribution in [2.45, 2.75) is 0 Å². The lowest BCUT2D eigenvalue weighted by molar-refractivity contribution is 0.637. The Labute approximate surface area is 87.8 Å². The molecule has 3 heteroatoms. The molecule has 2 N–H and O–H groups in total. The Kier molecular flexibility index (Phi) is 2.56. The third-order valence-electron chi connectivity index (χ3n) is 2.46. The molecule has 0 aliphatic heterocycles. The largest absolute Gasteiger partial charge is 0.350 e. The first-order valence-electron chi connectivity index (χ1n) is 4.84. The van der Waals surface area contributed by atoms with Crippen molar-refractivity contribution in [3.8, 4) is 0 Å². The lowest BCUT2D eigenvalue weighted by atomic mass is 10.1. The molecule has 0 saturated heterocycles. The molecule has 2 rings (SSSR count). The summed E-state index contributed by atoms with van der Waals surface area (Å²) in [6.07, 6.45) is 5.30. The number of hydrogen-bond acceptors (Lipinski definition) is 1. The summed E-state index contributed by atoms with van der Waals surface area (Å²) in [5.74, 6) is -0.183. The molecule has 0 radical (unpaired) electrons. The van der Waals surface area contributed by atoms with Gasteiger partial charge in [-0.25, -0.2) is 4.39 Å². The Hall–Kier alpha value is -1.61. The average molecular weight is 204 g/mol. The normalized spacial score (nSPS) is 11.7. The molecule has 0 aliphatic carbocycles. The number of fused-ring (bicyclic) bond motifs is 1. The van der Waals surface area contributed by atoms with E-state index in [4.69, 9.17) is 5.73 Å². The Morgan fingerprint density at radius 3 is 2.93 bits per heavy atom. The van der Waals surface area contributed by atoms with Gasteiger partial charge in [-0.05, 0) is 18.2 Å². The van der Waals surface area contributed by atoms with E-state index in [1.165, 1.54) is 0 Å². The van der Waals surface area contributed by atoms with Crippen molar-refractivity contribution in [2.75, 3.05) is 6.54 Å². The van der Waals surface area contributed by atoms with Crippen LogP contribution >= 0.6 is 0 Å². The topological polar surface area (TPSA) is 30.9 Å². The van der Waals surface area contributed by atoms with Crippen LogP contribution in [-0.2, 0) is 7.05 Å². The van der Waals surface area contributed by atoms with Crippen LogP contribution in [0.15, 0.2) is 30.5 Å². The number of aromatic nitrogens is 1. The highest BCUT2D eigenvalue weighted by Crippen LogP contribution is 2.22. The number of rotatable bonds is 2. The van der Waals surface area contributed by atoms with Crippen molar-refractivity contribution in [3.63, 3.8) is 0 Å². The molecule has 2 aromatic rings. The molecule has 78 valence electrons. The van der Waals surface area contributed by atoms with Crippen LogP contribution < -0.4 is 5.73 Å². The van der Waals surface area contributed by atoms with Gasteiger partial charge in [-0.2, -0.15) is 0 Å². The van der Waals surface area contributed by atoms with Crippen LogP contribution in [-0.4, -0.2) is 11.1 Å². The summed E-state index contributed by atoms with van der Waals surface area (Å²) in [6.45, 7) is 0.423. The Morgan fingerprint density at radius 2 is 2.20 bits per heavy atom. The fourth-order valence-electron chi connectivity index (χ4n) is 1.66. The van der Waals surface area contributed by atoms with Gasteiger partial charge in [0, 0.05) is 30.7 Å². The Balaban J connectivity index is 2.60. The van der Waals surface area contributed by atoms with E-state index in [2.05, 4.69) is 0 Å². The van der Waals surface area contributed by atoms with Gasteiger partial charge in [-0.3, -0.25) is 0 Å². The average Bonchev–Trinajstić information content (AvgIpc) is 2.61. The highest BCUT2D eigenvalue weighted by molar-refractivity contribution is 5.83. The third-order valence-corrected chi connectivity index (χ3v) is 2.46. The maximum Gasteiger partial charge on any atom is 0.139 e. The molecule has 0 unspecified atom stereocenters. The van der Waals surface area contributed by atoms with E-state index in [9.17, 15) is 4.39 Å². The molecule has 2 nitrogen and oxygen atoms in total. The minimum absolute atomic E-state index is 0.183. The molecule has 1 heterocycles. The number of aryl methyl sites for hydroxylation is 1. The summed E-state index contributed by atoms with van der Waals surface area (Å²) >= 11 is 0. The van der Waals surface area contributed by atoms with E-state index in [1.807, 2.05) is 23.9 Å². The van der Waals surface area contributed by atoms with Crippen molar-refractivity contribution >= 4 is 17.0 Å².